The molecule has 0 saturated heterocycles. The summed E-state index contributed by atoms with van der Waals surface area (Å²) in [5.74, 6) is 0. The highest BCUT2D eigenvalue weighted by Crippen LogP contribution is 1.93. The normalized spacial score (nSPS) is 10.9. The monoisotopic (exact) mass is 248 g/mol. The molecule has 0 bridgehead atoms. The number of unbranched alkanes of at least 4 members (excludes halogenated alkanes) is 2. The second-order valence-corrected chi connectivity index (χ2v) is 3.89. The molecular formula is C13H28O4. The molecule has 0 heterocycles. The van der Waals surface area contributed by atoms with Crippen molar-refractivity contribution >= 4 is 0 Å². The minimum absolute atomic E-state index is 0.644. The number of hydrogen-bond acceptors (Lipinski definition) is 4. The molecule has 4 nitrogen and oxygen atoms in total. The predicted molar refractivity (Wildman–Crippen MR) is 68.5 cm³/mol. The molecule has 17 heavy (non-hydrogen) atoms. The van der Waals surface area contributed by atoms with Gasteiger partial charge in [0.1, 0.15) is 0 Å². The predicted octanol–water partition coefficient (Wildman–Crippen LogP) is 2.26. The van der Waals surface area contributed by atoms with Crippen LogP contribution in [0, 0.1) is 0 Å². The first kappa shape index (κ1) is 16.8. The zero-order valence-electron chi connectivity index (χ0n) is 11.4. The lowest BCUT2D eigenvalue weighted by atomic mass is 10.3. The van der Waals surface area contributed by atoms with Gasteiger partial charge >= 0.3 is 0 Å². The van der Waals surface area contributed by atoms with Gasteiger partial charge in [0.05, 0.1) is 26.4 Å². The summed E-state index contributed by atoms with van der Waals surface area (Å²) in [6.45, 7) is 7.18. The standard InChI is InChI=1S/C13H28O4/c1-3-4-5-8-15-10-12-17-13-11-16-9-6-7-14-2/h3-13H2,1-2H3. The van der Waals surface area contributed by atoms with Crippen molar-refractivity contribution < 1.29 is 18.9 Å². The van der Waals surface area contributed by atoms with Crippen LogP contribution in [0.4, 0.5) is 0 Å². The smallest absolute Gasteiger partial charge is 0.0701 e. The minimum Gasteiger partial charge on any atom is -0.385 e. The van der Waals surface area contributed by atoms with Crippen LogP contribution in [0.15, 0.2) is 0 Å². The maximum atomic E-state index is 5.41. The Morgan fingerprint density at radius 2 is 1.12 bits per heavy atom. The fourth-order valence-electron chi connectivity index (χ4n) is 1.30. The molecule has 0 N–H and O–H groups in total. The second-order valence-electron chi connectivity index (χ2n) is 3.89. The molecule has 0 aliphatic rings. The van der Waals surface area contributed by atoms with Crippen LogP contribution in [-0.4, -0.2) is 53.4 Å². The second kappa shape index (κ2) is 15.8. The van der Waals surface area contributed by atoms with Gasteiger partial charge in [0, 0.05) is 26.9 Å². The van der Waals surface area contributed by atoms with E-state index in [-0.39, 0.29) is 0 Å². The van der Waals surface area contributed by atoms with Crippen molar-refractivity contribution in [2.24, 2.45) is 0 Å². The Hall–Kier alpha value is -0.160. The average molecular weight is 248 g/mol. The van der Waals surface area contributed by atoms with Crippen LogP contribution in [0.5, 0.6) is 0 Å². The highest BCUT2D eigenvalue weighted by Gasteiger charge is 1.92. The summed E-state index contributed by atoms with van der Waals surface area (Å²) in [5.41, 5.74) is 0. The molecule has 0 radical (unpaired) electrons. The van der Waals surface area contributed by atoms with Crippen molar-refractivity contribution in [2.45, 2.75) is 32.6 Å². The van der Waals surface area contributed by atoms with E-state index in [1.165, 1.54) is 12.8 Å². The summed E-state index contributed by atoms with van der Waals surface area (Å²) in [4.78, 5) is 0. The molecule has 0 aliphatic carbocycles. The van der Waals surface area contributed by atoms with E-state index in [4.69, 9.17) is 18.9 Å². The maximum absolute atomic E-state index is 5.41. The van der Waals surface area contributed by atoms with Crippen molar-refractivity contribution in [2.75, 3.05) is 53.4 Å². The van der Waals surface area contributed by atoms with E-state index < -0.39 is 0 Å². The first-order chi connectivity index (χ1) is 8.41. The molecule has 0 amide bonds. The third-order valence-electron chi connectivity index (χ3n) is 2.27. The van der Waals surface area contributed by atoms with Crippen molar-refractivity contribution in [1.29, 1.82) is 0 Å². The summed E-state index contributed by atoms with van der Waals surface area (Å²) >= 11 is 0. The quantitative estimate of drug-likeness (QED) is 0.442. The molecule has 0 aromatic rings. The Labute approximate surface area is 106 Å². The zero-order chi connectivity index (χ0) is 12.6. The van der Waals surface area contributed by atoms with E-state index >= 15 is 0 Å². The molecule has 0 aromatic heterocycles. The first-order valence-corrected chi connectivity index (χ1v) is 6.64. The van der Waals surface area contributed by atoms with Gasteiger partial charge in [-0.3, -0.25) is 0 Å². The van der Waals surface area contributed by atoms with Gasteiger partial charge in [-0.2, -0.15) is 0 Å². The number of ether oxygens (including phenoxy) is 4. The number of rotatable bonds is 14. The molecular weight excluding hydrogens is 220 g/mol. The van der Waals surface area contributed by atoms with Crippen molar-refractivity contribution in [3.63, 3.8) is 0 Å². The maximum Gasteiger partial charge on any atom is 0.0701 e. The first-order valence-electron chi connectivity index (χ1n) is 6.64. The van der Waals surface area contributed by atoms with Crippen LogP contribution in [0.1, 0.15) is 32.6 Å². The molecule has 0 unspecified atom stereocenters. The Bertz CT molecular complexity index is 117. The van der Waals surface area contributed by atoms with Gasteiger partial charge in [-0.25, -0.2) is 0 Å². The molecule has 0 spiro atoms. The van der Waals surface area contributed by atoms with Crippen molar-refractivity contribution in [3.05, 3.63) is 0 Å². The molecule has 0 rings (SSSR count). The van der Waals surface area contributed by atoms with Crippen LogP contribution < -0.4 is 0 Å². The Kier molecular flexibility index (Phi) is 15.7. The SMILES string of the molecule is CCCCCOCCOCCOCCCOC. The highest BCUT2D eigenvalue weighted by atomic mass is 16.5. The topological polar surface area (TPSA) is 36.9 Å². The third-order valence-corrected chi connectivity index (χ3v) is 2.27. The fraction of sp³-hybridized carbons (Fsp3) is 1.00. The lowest BCUT2D eigenvalue weighted by Gasteiger charge is -2.06. The largest absolute Gasteiger partial charge is 0.385 e. The van der Waals surface area contributed by atoms with Gasteiger partial charge in [0.25, 0.3) is 0 Å². The average Bonchev–Trinajstić information content (AvgIpc) is 2.35. The van der Waals surface area contributed by atoms with Crippen LogP contribution in [0.25, 0.3) is 0 Å². The molecule has 4 heteroatoms. The molecule has 104 valence electrons. The minimum atomic E-state index is 0.644. The zero-order valence-corrected chi connectivity index (χ0v) is 11.4. The van der Waals surface area contributed by atoms with E-state index in [0.29, 0.717) is 26.4 Å². The van der Waals surface area contributed by atoms with Gasteiger partial charge in [0.15, 0.2) is 0 Å². The summed E-state index contributed by atoms with van der Waals surface area (Å²) in [6.07, 6.45) is 4.58. The number of methoxy groups -OCH3 is 1. The van der Waals surface area contributed by atoms with Crippen LogP contribution in [0.2, 0.25) is 0 Å². The third kappa shape index (κ3) is 15.8. The molecule has 0 fully saturated rings. The molecule has 0 saturated carbocycles. The van der Waals surface area contributed by atoms with E-state index in [0.717, 1.165) is 32.7 Å². The molecule has 0 atom stereocenters. The summed E-state index contributed by atoms with van der Waals surface area (Å²) in [7, 11) is 1.70. The van der Waals surface area contributed by atoms with Gasteiger partial charge < -0.3 is 18.9 Å². The molecule has 0 aliphatic heterocycles. The van der Waals surface area contributed by atoms with Gasteiger partial charge in [-0.1, -0.05) is 19.8 Å². The van der Waals surface area contributed by atoms with Crippen LogP contribution >= 0.6 is 0 Å². The Balaban J connectivity index is 2.85. The highest BCUT2D eigenvalue weighted by molar-refractivity contribution is 4.38. The Morgan fingerprint density at radius 3 is 1.65 bits per heavy atom. The summed E-state index contributed by atoms with van der Waals surface area (Å²) in [6, 6.07) is 0. The van der Waals surface area contributed by atoms with Gasteiger partial charge in [-0.05, 0) is 12.8 Å². The van der Waals surface area contributed by atoms with Crippen molar-refractivity contribution in [1.82, 2.24) is 0 Å². The lowest BCUT2D eigenvalue weighted by molar-refractivity contribution is 0.0108. The van der Waals surface area contributed by atoms with E-state index in [1.807, 2.05) is 0 Å². The number of hydrogen-bond donors (Lipinski definition) is 0. The summed E-state index contributed by atoms with van der Waals surface area (Å²) < 4.78 is 21.0. The van der Waals surface area contributed by atoms with Gasteiger partial charge in [0.2, 0.25) is 0 Å². The van der Waals surface area contributed by atoms with Gasteiger partial charge in [-0.15, -0.1) is 0 Å². The van der Waals surface area contributed by atoms with E-state index in [1.54, 1.807) is 7.11 Å². The van der Waals surface area contributed by atoms with Crippen LogP contribution in [-0.2, 0) is 18.9 Å². The Morgan fingerprint density at radius 1 is 0.588 bits per heavy atom. The summed E-state index contributed by atoms with van der Waals surface area (Å²) in [5, 5.41) is 0. The van der Waals surface area contributed by atoms with E-state index in [9.17, 15) is 0 Å². The van der Waals surface area contributed by atoms with Crippen molar-refractivity contribution in [3.8, 4) is 0 Å². The molecule has 0 aromatic carbocycles. The van der Waals surface area contributed by atoms with Crippen LogP contribution in [0.3, 0.4) is 0 Å². The lowest BCUT2D eigenvalue weighted by Crippen LogP contribution is -2.10. The fourth-order valence-corrected chi connectivity index (χ4v) is 1.30. The van der Waals surface area contributed by atoms with E-state index in [2.05, 4.69) is 6.92 Å².